The lowest BCUT2D eigenvalue weighted by atomic mass is 9.91. The van der Waals surface area contributed by atoms with E-state index in [0.717, 1.165) is 44.7 Å². The number of nitrogens with zero attached hydrogens (tertiary/aromatic N) is 4. The number of carbonyl (C=O) groups excluding carboxylic acids is 1. The lowest BCUT2D eigenvalue weighted by Gasteiger charge is -2.15. The molecule has 2 bridgehead atoms. The highest BCUT2D eigenvalue weighted by Gasteiger charge is 2.42. The van der Waals surface area contributed by atoms with Gasteiger partial charge in [-0.15, -0.1) is 0 Å². The second-order valence-electron chi connectivity index (χ2n) is 8.73. The third-order valence-electron chi connectivity index (χ3n) is 6.67. The molecule has 1 aliphatic heterocycles. The van der Waals surface area contributed by atoms with E-state index in [-0.39, 0.29) is 12.3 Å². The van der Waals surface area contributed by atoms with Crippen LogP contribution in [-0.2, 0) is 11.2 Å². The number of aromatic nitrogens is 4. The SMILES string of the molecule is Cc1cccc(-c2nn3c(c2-c2ccnc4ccc(CC(N)=O)cc24)[C@@H]2CC[C@H]3C2)n1. The molecule has 1 saturated carbocycles. The van der Waals surface area contributed by atoms with E-state index >= 15 is 0 Å². The van der Waals surface area contributed by atoms with E-state index in [0.29, 0.717) is 12.0 Å². The Bertz CT molecular complexity index is 1360. The third kappa shape index (κ3) is 2.86. The first-order valence-electron chi connectivity index (χ1n) is 10.8. The van der Waals surface area contributed by atoms with Crippen LogP contribution in [0, 0.1) is 6.92 Å². The number of benzene rings is 1. The summed E-state index contributed by atoms with van der Waals surface area (Å²) in [6.45, 7) is 2.01. The number of primary amides is 1. The number of carbonyl (C=O) groups is 1. The average Bonchev–Trinajstić information content (AvgIpc) is 3.45. The molecule has 4 aromatic rings. The van der Waals surface area contributed by atoms with Crippen LogP contribution in [-0.4, -0.2) is 25.7 Å². The van der Waals surface area contributed by atoms with Crippen LogP contribution >= 0.6 is 0 Å². The smallest absolute Gasteiger partial charge is 0.221 e. The van der Waals surface area contributed by atoms with E-state index in [1.807, 2.05) is 49.5 Å². The number of hydrogen-bond acceptors (Lipinski definition) is 4. The molecule has 4 heterocycles. The van der Waals surface area contributed by atoms with Crippen molar-refractivity contribution in [1.29, 1.82) is 0 Å². The van der Waals surface area contributed by atoms with Crippen molar-refractivity contribution in [2.75, 3.05) is 0 Å². The number of nitrogens with two attached hydrogens (primary N) is 1. The molecule has 0 radical (unpaired) electrons. The quantitative estimate of drug-likeness (QED) is 0.544. The molecule has 3 aromatic heterocycles. The van der Waals surface area contributed by atoms with Crippen molar-refractivity contribution >= 4 is 16.8 Å². The minimum Gasteiger partial charge on any atom is -0.369 e. The van der Waals surface area contributed by atoms with Crippen molar-refractivity contribution in [3.63, 3.8) is 0 Å². The summed E-state index contributed by atoms with van der Waals surface area (Å²) in [7, 11) is 0. The minimum atomic E-state index is -0.335. The van der Waals surface area contributed by atoms with Gasteiger partial charge in [0.15, 0.2) is 0 Å². The van der Waals surface area contributed by atoms with Gasteiger partial charge in [0.05, 0.1) is 29.4 Å². The van der Waals surface area contributed by atoms with E-state index in [2.05, 4.69) is 15.7 Å². The highest BCUT2D eigenvalue weighted by Crippen LogP contribution is 2.54. The van der Waals surface area contributed by atoms with Crippen molar-refractivity contribution in [3.05, 3.63) is 65.6 Å². The van der Waals surface area contributed by atoms with Gasteiger partial charge in [-0.25, -0.2) is 0 Å². The number of fused-ring (bicyclic) bond motifs is 6. The number of pyridine rings is 2. The molecule has 31 heavy (non-hydrogen) atoms. The Labute approximate surface area is 180 Å². The average molecular weight is 409 g/mol. The van der Waals surface area contributed by atoms with Gasteiger partial charge in [-0.2, -0.15) is 5.10 Å². The van der Waals surface area contributed by atoms with Gasteiger partial charge >= 0.3 is 0 Å². The first kappa shape index (κ1) is 18.2. The molecular weight excluding hydrogens is 386 g/mol. The summed E-state index contributed by atoms with van der Waals surface area (Å²) < 4.78 is 2.25. The Balaban J connectivity index is 1.64. The Morgan fingerprint density at radius 1 is 1.19 bits per heavy atom. The van der Waals surface area contributed by atoms with Gasteiger partial charge in [0, 0.05) is 28.8 Å². The van der Waals surface area contributed by atoms with E-state index in [9.17, 15) is 4.79 Å². The summed E-state index contributed by atoms with van der Waals surface area (Å²) in [5, 5.41) is 6.12. The number of amides is 1. The molecule has 0 saturated heterocycles. The third-order valence-corrected chi connectivity index (χ3v) is 6.67. The fourth-order valence-electron chi connectivity index (χ4n) is 5.39. The van der Waals surface area contributed by atoms with E-state index in [4.69, 9.17) is 15.8 Å². The van der Waals surface area contributed by atoms with Crippen LogP contribution in [0.15, 0.2) is 48.7 Å². The minimum absolute atomic E-state index is 0.216. The molecule has 6 nitrogen and oxygen atoms in total. The standard InChI is InChI=1S/C25H23N5O/c1-14-3-2-4-21(28-14)24-23(25-16-6-7-17(13-16)30(25)29-24)18-9-10-27-20-8-5-15(11-19(18)20)12-22(26)31/h2-5,8-11,16-17H,6-7,12-13H2,1H3,(H2,26,31)/t16-,17+/m1/s1. The number of rotatable bonds is 4. The van der Waals surface area contributed by atoms with Crippen LogP contribution in [0.5, 0.6) is 0 Å². The molecule has 1 fully saturated rings. The zero-order valence-electron chi connectivity index (χ0n) is 17.4. The Morgan fingerprint density at radius 2 is 2.10 bits per heavy atom. The maximum atomic E-state index is 11.5. The van der Waals surface area contributed by atoms with Crippen LogP contribution in [0.25, 0.3) is 33.4 Å². The van der Waals surface area contributed by atoms with Crippen LogP contribution in [0.2, 0.25) is 0 Å². The summed E-state index contributed by atoms with van der Waals surface area (Å²) in [5.74, 6) is 0.196. The van der Waals surface area contributed by atoms with Gasteiger partial charge in [-0.1, -0.05) is 12.1 Å². The fraction of sp³-hybridized carbons (Fsp3) is 0.280. The molecule has 1 aliphatic carbocycles. The van der Waals surface area contributed by atoms with Gasteiger partial charge in [-0.3, -0.25) is 19.4 Å². The summed E-state index contributed by atoms with van der Waals surface area (Å²) in [4.78, 5) is 20.9. The first-order chi connectivity index (χ1) is 15.1. The zero-order valence-corrected chi connectivity index (χ0v) is 17.4. The van der Waals surface area contributed by atoms with Gasteiger partial charge in [0.25, 0.3) is 0 Å². The topological polar surface area (TPSA) is 86.7 Å². The first-order valence-corrected chi connectivity index (χ1v) is 10.8. The van der Waals surface area contributed by atoms with Crippen molar-refractivity contribution in [2.24, 2.45) is 5.73 Å². The van der Waals surface area contributed by atoms with E-state index in [1.165, 1.54) is 25.0 Å². The van der Waals surface area contributed by atoms with Crippen LogP contribution in [0.4, 0.5) is 0 Å². The molecule has 1 aromatic carbocycles. The molecule has 0 spiro atoms. The molecule has 2 atom stereocenters. The largest absolute Gasteiger partial charge is 0.369 e. The molecule has 1 amide bonds. The molecule has 2 N–H and O–H groups in total. The van der Waals surface area contributed by atoms with Crippen molar-refractivity contribution in [3.8, 4) is 22.5 Å². The van der Waals surface area contributed by atoms with Crippen molar-refractivity contribution in [2.45, 2.75) is 44.6 Å². The Hall–Kier alpha value is -3.54. The number of aryl methyl sites for hydroxylation is 1. The number of hydrogen-bond donors (Lipinski definition) is 1. The van der Waals surface area contributed by atoms with E-state index < -0.39 is 0 Å². The summed E-state index contributed by atoms with van der Waals surface area (Å²) in [6.07, 6.45) is 5.65. The normalized spacial score (nSPS) is 19.1. The molecular formula is C25H23N5O. The second-order valence-corrected chi connectivity index (χ2v) is 8.73. The molecule has 2 aliphatic rings. The Morgan fingerprint density at radius 3 is 2.94 bits per heavy atom. The molecule has 0 unspecified atom stereocenters. The van der Waals surface area contributed by atoms with Crippen LogP contribution in [0.1, 0.15) is 48.2 Å². The summed E-state index contributed by atoms with van der Waals surface area (Å²) in [6, 6.07) is 14.6. The molecule has 154 valence electrons. The predicted octanol–water partition coefficient (Wildman–Crippen LogP) is 4.32. The zero-order chi connectivity index (χ0) is 21.1. The van der Waals surface area contributed by atoms with Gasteiger partial charge in [0.2, 0.25) is 5.91 Å². The molecule has 6 rings (SSSR count). The van der Waals surface area contributed by atoms with Gasteiger partial charge in [0.1, 0.15) is 5.69 Å². The van der Waals surface area contributed by atoms with Crippen LogP contribution in [0.3, 0.4) is 0 Å². The maximum Gasteiger partial charge on any atom is 0.221 e. The maximum absolute atomic E-state index is 11.5. The Kier molecular flexibility index (Phi) is 3.96. The van der Waals surface area contributed by atoms with Crippen molar-refractivity contribution < 1.29 is 4.79 Å². The van der Waals surface area contributed by atoms with E-state index in [1.54, 1.807) is 0 Å². The highest BCUT2D eigenvalue weighted by molar-refractivity contribution is 5.99. The van der Waals surface area contributed by atoms with Gasteiger partial charge < -0.3 is 5.73 Å². The summed E-state index contributed by atoms with van der Waals surface area (Å²) in [5.41, 5.74) is 13.6. The second kappa shape index (κ2) is 6.74. The van der Waals surface area contributed by atoms with Crippen molar-refractivity contribution in [1.82, 2.24) is 19.7 Å². The monoisotopic (exact) mass is 409 g/mol. The highest BCUT2D eigenvalue weighted by atomic mass is 16.1. The fourth-order valence-corrected chi connectivity index (χ4v) is 5.39. The molecule has 6 heteroatoms. The van der Waals surface area contributed by atoms with Crippen LogP contribution < -0.4 is 5.73 Å². The summed E-state index contributed by atoms with van der Waals surface area (Å²) >= 11 is 0. The lowest BCUT2D eigenvalue weighted by molar-refractivity contribution is -0.117. The van der Waals surface area contributed by atoms with Gasteiger partial charge in [-0.05, 0) is 67.6 Å². The lowest BCUT2D eigenvalue weighted by Crippen LogP contribution is -2.13. The predicted molar refractivity (Wildman–Crippen MR) is 119 cm³/mol.